The van der Waals surface area contributed by atoms with Crippen LogP contribution in [0.3, 0.4) is 0 Å². The molecule has 6 aliphatic rings. The zero-order chi connectivity index (χ0) is 36.9. The first-order chi connectivity index (χ1) is 26.1. The number of piperazine rings is 1. The van der Waals surface area contributed by atoms with E-state index in [1.165, 1.54) is 6.07 Å². The first-order valence-electron chi connectivity index (χ1n) is 19.8. The summed E-state index contributed by atoms with van der Waals surface area (Å²) in [5.74, 6) is -0.759. The largest absolute Gasteiger partial charge is 0.461 e. The molecule has 4 aromatic rings. The summed E-state index contributed by atoms with van der Waals surface area (Å²) in [5.41, 5.74) is 1.55. The third-order valence-electron chi connectivity index (χ3n) is 13.4. The van der Waals surface area contributed by atoms with Crippen molar-refractivity contribution in [3.63, 3.8) is 0 Å². The topological polar surface area (TPSA) is 75.6 Å². The minimum absolute atomic E-state index is 0.0348. The smallest absolute Gasteiger partial charge is 0.414 e. The summed E-state index contributed by atoms with van der Waals surface area (Å²) in [6.07, 6.45) is 2.80. The van der Waals surface area contributed by atoms with Gasteiger partial charge in [-0.15, -0.1) is 0 Å². The van der Waals surface area contributed by atoms with Crippen LogP contribution in [0.25, 0.3) is 32.9 Å². The summed E-state index contributed by atoms with van der Waals surface area (Å²) in [6, 6.07) is 9.40. The van der Waals surface area contributed by atoms with Gasteiger partial charge >= 0.3 is 12.2 Å². The first kappa shape index (κ1) is 34.8. The van der Waals surface area contributed by atoms with Crippen molar-refractivity contribution in [2.45, 2.75) is 120 Å². The van der Waals surface area contributed by atoms with Crippen LogP contribution in [0, 0.1) is 24.5 Å². The SMILES string of the molecule is Cc1c(F)ccc2cccc(-c3nc4c5c(nc(OC[C@@]67CCCN6[C@H](COC(C6CC6)C(F)(F)F)CC7)nc5c3F)N3C[C@@H]5CCC(N5)[C@H]3CCC4)c12. The number of fused-ring (bicyclic) bond motifs is 7. The van der Waals surface area contributed by atoms with Crippen LogP contribution in [0.4, 0.5) is 27.8 Å². The molecule has 5 aliphatic heterocycles. The number of anilines is 1. The maximum Gasteiger partial charge on any atom is 0.414 e. The van der Waals surface area contributed by atoms with Gasteiger partial charge in [0, 0.05) is 36.3 Å². The third kappa shape index (κ3) is 5.74. The lowest BCUT2D eigenvalue weighted by atomic mass is 9.93. The molecule has 1 N–H and O–H groups in total. The molecule has 4 saturated heterocycles. The van der Waals surface area contributed by atoms with E-state index in [0.717, 1.165) is 69.1 Å². The van der Waals surface area contributed by atoms with Crippen LogP contribution in [-0.4, -0.2) is 88.1 Å². The monoisotopic (exact) mass is 748 g/mol. The summed E-state index contributed by atoms with van der Waals surface area (Å²) in [6.45, 7) is 3.47. The zero-order valence-electron chi connectivity index (χ0n) is 30.4. The molecule has 7 heterocycles. The van der Waals surface area contributed by atoms with Crippen molar-refractivity contribution in [2.24, 2.45) is 5.92 Å². The van der Waals surface area contributed by atoms with E-state index in [9.17, 15) is 17.6 Å². The Morgan fingerprint density at radius 2 is 1.83 bits per heavy atom. The molecule has 286 valence electrons. The number of rotatable bonds is 8. The van der Waals surface area contributed by atoms with E-state index in [4.69, 9.17) is 24.4 Å². The number of hydrogen-bond acceptors (Lipinski definition) is 8. The molecule has 1 saturated carbocycles. The number of nitrogens with one attached hydrogen (secondary N) is 1. The molecule has 5 fully saturated rings. The Bertz CT molecular complexity index is 2130. The fourth-order valence-electron chi connectivity index (χ4n) is 10.6. The van der Waals surface area contributed by atoms with Gasteiger partial charge in [0.1, 0.15) is 29.5 Å². The van der Waals surface area contributed by atoms with Gasteiger partial charge in [-0.2, -0.15) is 23.1 Å². The zero-order valence-corrected chi connectivity index (χ0v) is 30.4. The standard InChI is InChI=1S/C41H45F5N6O2/c1-22-28(42)13-11-23-5-2-6-27(32(22)23)35-34(43)36-33-30(48-35)7-3-8-31-29-14-12-25(47-29)19-51(31)38(33)50-39(49-36)54-21-40-16-4-18-52(40)26(15-17-40)20-53-37(24-9-10-24)41(44,45)46/h2,5-6,11,13,24-26,29,31,37,47H,3-4,7-10,12,14-21H2,1H3/t25-,26-,29?,31+,37?,40-/m0/s1. The predicted octanol–water partition coefficient (Wildman–Crippen LogP) is 7.81. The van der Waals surface area contributed by atoms with E-state index in [1.807, 2.05) is 12.1 Å². The van der Waals surface area contributed by atoms with Crippen molar-refractivity contribution < 1.29 is 31.4 Å². The van der Waals surface area contributed by atoms with Crippen molar-refractivity contribution in [3.8, 4) is 17.3 Å². The van der Waals surface area contributed by atoms with Crippen LogP contribution in [0.2, 0.25) is 0 Å². The van der Waals surface area contributed by atoms with Gasteiger partial charge in [0.05, 0.1) is 23.2 Å². The highest BCUT2D eigenvalue weighted by Gasteiger charge is 2.53. The van der Waals surface area contributed by atoms with Crippen LogP contribution in [0.5, 0.6) is 6.01 Å². The van der Waals surface area contributed by atoms with Gasteiger partial charge in [0.25, 0.3) is 0 Å². The van der Waals surface area contributed by atoms with Crippen LogP contribution < -0.4 is 15.0 Å². The Balaban J connectivity index is 1.03. The summed E-state index contributed by atoms with van der Waals surface area (Å²) >= 11 is 0. The lowest BCUT2D eigenvalue weighted by Crippen LogP contribution is -2.58. The number of halogens is 5. The summed E-state index contributed by atoms with van der Waals surface area (Å²) < 4.78 is 85.7. The van der Waals surface area contributed by atoms with Gasteiger partial charge in [0.2, 0.25) is 0 Å². The highest BCUT2D eigenvalue weighted by Crippen LogP contribution is 2.47. The lowest BCUT2D eigenvalue weighted by molar-refractivity contribution is -0.230. The fraction of sp³-hybridized carbons (Fsp3) is 0.585. The molecule has 0 spiro atoms. The average Bonchev–Trinajstić information content (AvgIpc) is 3.62. The van der Waals surface area contributed by atoms with Crippen LogP contribution in [0.1, 0.15) is 75.5 Å². The minimum atomic E-state index is -4.37. The van der Waals surface area contributed by atoms with Gasteiger partial charge in [-0.3, -0.25) is 4.90 Å². The molecule has 8 nitrogen and oxygen atoms in total. The Kier molecular flexibility index (Phi) is 8.34. The van der Waals surface area contributed by atoms with E-state index in [0.29, 0.717) is 65.5 Å². The number of hydrogen-bond donors (Lipinski definition) is 1. The van der Waals surface area contributed by atoms with Crippen molar-refractivity contribution in [1.29, 1.82) is 0 Å². The van der Waals surface area contributed by atoms with Gasteiger partial charge in [-0.05, 0) is 112 Å². The van der Waals surface area contributed by atoms with E-state index in [1.54, 1.807) is 19.1 Å². The molecule has 10 rings (SSSR count). The van der Waals surface area contributed by atoms with Gasteiger partial charge < -0.3 is 19.7 Å². The average molecular weight is 749 g/mol. The molecular weight excluding hydrogens is 703 g/mol. The number of aromatic nitrogens is 3. The maximum absolute atomic E-state index is 17.3. The highest BCUT2D eigenvalue weighted by molar-refractivity contribution is 6.01. The molecule has 2 bridgehead atoms. The third-order valence-corrected chi connectivity index (χ3v) is 13.4. The molecule has 13 heteroatoms. The second-order valence-corrected chi connectivity index (χ2v) is 16.6. The van der Waals surface area contributed by atoms with Crippen molar-refractivity contribution >= 4 is 27.5 Å². The van der Waals surface area contributed by atoms with Crippen molar-refractivity contribution in [2.75, 3.05) is 31.2 Å². The molecule has 2 aromatic carbocycles. The molecule has 1 aliphatic carbocycles. The molecule has 2 unspecified atom stereocenters. The summed E-state index contributed by atoms with van der Waals surface area (Å²) in [4.78, 5) is 19.5. The maximum atomic E-state index is 17.3. The molecule has 54 heavy (non-hydrogen) atoms. The van der Waals surface area contributed by atoms with E-state index < -0.39 is 24.0 Å². The van der Waals surface area contributed by atoms with Crippen molar-refractivity contribution in [1.82, 2.24) is 25.2 Å². The van der Waals surface area contributed by atoms with Gasteiger partial charge in [-0.25, -0.2) is 13.8 Å². The number of nitrogens with zero attached hydrogens (tertiary/aromatic N) is 5. The van der Waals surface area contributed by atoms with Crippen LogP contribution in [0.15, 0.2) is 30.3 Å². The minimum Gasteiger partial charge on any atom is -0.461 e. The van der Waals surface area contributed by atoms with Crippen molar-refractivity contribution in [3.05, 3.63) is 53.2 Å². The second-order valence-electron chi connectivity index (χ2n) is 16.6. The molecule has 0 radical (unpaired) electrons. The quantitative estimate of drug-likeness (QED) is 0.183. The number of aryl methyl sites for hydroxylation is 2. The number of pyridine rings is 1. The summed E-state index contributed by atoms with van der Waals surface area (Å²) in [5, 5.41) is 5.80. The summed E-state index contributed by atoms with van der Waals surface area (Å²) in [7, 11) is 0. The molecule has 6 atom stereocenters. The normalized spacial score (nSPS) is 28.7. The van der Waals surface area contributed by atoms with Crippen LogP contribution >= 0.6 is 0 Å². The number of ether oxygens (including phenoxy) is 2. The Morgan fingerprint density at radius 1 is 0.963 bits per heavy atom. The molecule has 0 amide bonds. The predicted molar refractivity (Wildman–Crippen MR) is 195 cm³/mol. The van der Waals surface area contributed by atoms with E-state index in [-0.39, 0.29) is 53.9 Å². The van der Waals surface area contributed by atoms with E-state index >= 15 is 4.39 Å². The highest BCUT2D eigenvalue weighted by atomic mass is 19.4. The Hall–Kier alpha value is -3.68. The van der Waals surface area contributed by atoms with Crippen LogP contribution in [-0.2, 0) is 11.2 Å². The Labute approximate surface area is 310 Å². The fourth-order valence-corrected chi connectivity index (χ4v) is 10.6. The van der Waals surface area contributed by atoms with Gasteiger partial charge in [0.15, 0.2) is 11.9 Å². The van der Waals surface area contributed by atoms with Gasteiger partial charge in [-0.1, -0.05) is 24.3 Å². The molecule has 2 aromatic heterocycles. The first-order valence-corrected chi connectivity index (χ1v) is 19.8. The number of benzene rings is 2. The number of alkyl halides is 3. The lowest BCUT2D eigenvalue weighted by Gasteiger charge is -2.43. The second kappa shape index (κ2) is 12.9. The molecular formula is C41H45F5N6O2. The van der Waals surface area contributed by atoms with E-state index in [2.05, 4.69) is 15.1 Å². The Morgan fingerprint density at radius 3 is 2.67 bits per heavy atom.